The summed E-state index contributed by atoms with van der Waals surface area (Å²) >= 11 is 0. The molecular formula is C12H24O3. The van der Waals surface area contributed by atoms with Crippen LogP contribution in [0.3, 0.4) is 0 Å². The first kappa shape index (κ1) is 12.9. The molecule has 1 saturated heterocycles. The van der Waals surface area contributed by atoms with Gasteiger partial charge < -0.3 is 4.74 Å². The molecule has 1 heterocycles. The van der Waals surface area contributed by atoms with Gasteiger partial charge in [0.1, 0.15) is 11.7 Å². The maximum atomic E-state index is 5.53. The third kappa shape index (κ3) is 4.49. The minimum atomic E-state index is -0.232. The molecule has 2 atom stereocenters. The third-order valence-corrected chi connectivity index (χ3v) is 2.87. The normalized spacial score (nSPS) is 23.8. The minimum Gasteiger partial charge on any atom is -0.370 e. The van der Waals surface area contributed by atoms with Gasteiger partial charge in [0.05, 0.1) is 13.2 Å². The number of rotatable bonds is 9. The molecule has 0 amide bonds. The summed E-state index contributed by atoms with van der Waals surface area (Å²) in [4.78, 5) is 10.8. The van der Waals surface area contributed by atoms with Crippen molar-refractivity contribution in [3.05, 3.63) is 0 Å². The number of unbranched alkanes of at least 4 members (excludes halogenated alkanes) is 2. The van der Waals surface area contributed by atoms with Gasteiger partial charge in [-0.05, 0) is 19.8 Å². The number of hydrogen-bond donors (Lipinski definition) is 0. The van der Waals surface area contributed by atoms with Crippen LogP contribution < -0.4 is 0 Å². The van der Waals surface area contributed by atoms with Gasteiger partial charge in [-0.15, -0.1) is 0 Å². The van der Waals surface area contributed by atoms with Gasteiger partial charge in [0.25, 0.3) is 0 Å². The fourth-order valence-electron chi connectivity index (χ4n) is 1.56. The first-order chi connectivity index (χ1) is 7.23. The zero-order valence-corrected chi connectivity index (χ0v) is 10.3. The largest absolute Gasteiger partial charge is 0.370 e. The Morgan fingerprint density at radius 2 is 1.93 bits per heavy atom. The lowest BCUT2D eigenvalue weighted by Gasteiger charge is -2.26. The average molecular weight is 216 g/mol. The lowest BCUT2D eigenvalue weighted by molar-refractivity contribution is -0.362. The van der Waals surface area contributed by atoms with E-state index in [2.05, 4.69) is 20.8 Å². The quantitative estimate of drug-likeness (QED) is 0.257. The van der Waals surface area contributed by atoms with E-state index in [-0.39, 0.29) is 11.7 Å². The summed E-state index contributed by atoms with van der Waals surface area (Å²) in [5, 5.41) is 0. The van der Waals surface area contributed by atoms with E-state index in [9.17, 15) is 0 Å². The molecule has 0 saturated carbocycles. The molecule has 0 spiro atoms. The molecule has 3 nitrogen and oxygen atoms in total. The van der Waals surface area contributed by atoms with Crippen LogP contribution in [0.15, 0.2) is 0 Å². The van der Waals surface area contributed by atoms with E-state index in [0.717, 1.165) is 32.3 Å². The van der Waals surface area contributed by atoms with Gasteiger partial charge in [-0.25, -0.2) is 9.78 Å². The predicted molar refractivity (Wildman–Crippen MR) is 59.6 cm³/mol. The molecule has 90 valence electrons. The van der Waals surface area contributed by atoms with E-state index >= 15 is 0 Å². The smallest absolute Gasteiger partial charge is 0.129 e. The summed E-state index contributed by atoms with van der Waals surface area (Å²) in [5.41, 5.74) is -0.232. The van der Waals surface area contributed by atoms with Crippen molar-refractivity contribution in [3.63, 3.8) is 0 Å². The molecule has 1 aliphatic rings. The third-order valence-electron chi connectivity index (χ3n) is 2.87. The SMILES string of the molecule is CCCCOOC(C)(CCCC)C1CO1. The molecule has 1 fully saturated rings. The molecule has 0 radical (unpaired) electrons. The second-order valence-electron chi connectivity index (χ2n) is 4.50. The number of hydrogen-bond acceptors (Lipinski definition) is 3. The topological polar surface area (TPSA) is 31.0 Å². The van der Waals surface area contributed by atoms with E-state index in [1.165, 1.54) is 6.42 Å². The first-order valence-corrected chi connectivity index (χ1v) is 6.15. The summed E-state index contributed by atoms with van der Waals surface area (Å²) < 4.78 is 5.32. The Balaban J connectivity index is 2.22. The summed E-state index contributed by atoms with van der Waals surface area (Å²) in [6.07, 6.45) is 5.78. The zero-order valence-electron chi connectivity index (χ0n) is 10.3. The number of ether oxygens (including phenoxy) is 1. The Morgan fingerprint density at radius 1 is 1.27 bits per heavy atom. The molecule has 0 aromatic heterocycles. The molecule has 0 bridgehead atoms. The lowest BCUT2D eigenvalue weighted by atomic mass is 9.96. The molecular weight excluding hydrogens is 192 g/mol. The Kier molecular flexibility index (Phi) is 5.58. The van der Waals surface area contributed by atoms with Crippen LogP contribution in [0.5, 0.6) is 0 Å². The molecule has 0 aromatic carbocycles. The molecule has 3 heteroatoms. The van der Waals surface area contributed by atoms with Crippen molar-refractivity contribution in [2.24, 2.45) is 0 Å². The van der Waals surface area contributed by atoms with Crippen molar-refractivity contribution >= 4 is 0 Å². The standard InChI is InChI=1S/C12H24O3/c1-4-6-8-12(3,11-10-13-11)15-14-9-7-5-2/h11H,4-10H2,1-3H3. The predicted octanol–water partition coefficient (Wildman–Crippen LogP) is 3.08. The van der Waals surface area contributed by atoms with Crippen molar-refractivity contribution in [3.8, 4) is 0 Å². The van der Waals surface area contributed by atoms with Crippen LogP contribution in [-0.4, -0.2) is 24.9 Å². The van der Waals surface area contributed by atoms with Crippen molar-refractivity contribution in [2.75, 3.05) is 13.2 Å². The van der Waals surface area contributed by atoms with Crippen LogP contribution >= 0.6 is 0 Å². The molecule has 0 N–H and O–H groups in total. The van der Waals surface area contributed by atoms with Gasteiger partial charge in [0, 0.05) is 0 Å². The van der Waals surface area contributed by atoms with Gasteiger partial charge in [-0.2, -0.15) is 0 Å². The van der Waals surface area contributed by atoms with Gasteiger partial charge in [0.2, 0.25) is 0 Å². The fourth-order valence-corrected chi connectivity index (χ4v) is 1.56. The minimum absolute atomic E-state index is 0.232. The van der Waals surface area contributed by atoms with Gasteiger partial charge in [-0.3, -0.25) is 0 Å². The Morgan fingerprint density at radius 3 is 2.47 bits per heavy atom. The first-order valence-electron chi connectivity index (χ1n) is 6.15. The van der Waals surface area contributed by atoms with E-state index in [1.54, 1.807) is 0 Å². The van der Waals surface area contributed by atoms with E-state index in [1.807, 2.05) is 0 Å². The molecule has 0 aliphatic carbocycles. The fraction of sp³-hybridized carbons (Fsp3) is 1.00. The van der Waals surface area contributed by atoms with Gasteiger partial charge in [-0.1, -0.05) is 33.1 Å². The van der Waals surface area contributed by atoms with E-state index in [4.69, 9.17) is 14.5 Å². The highest BCUT2D eigenvalue weighted by molar-refractivity contribution is 4.91. The Hall–Kier alpha value is -0.120. The van der Waals surface area contributed by atoms with Crippen molar-refractivity contribution in [1.29, 1.82) is 0 Å². The monoisotopic (exact) mass is 216 g/mol. The van der Waals surface area contributed by atoms with E-state index < -0.39 is 0 Å². The van der Waals surface area contributed by atoms with Gasteiger partial charge >= 0.3 is 0 Å². The summed E-state index contributed by atoms with van der Waals surface area (Å²) in [5.74, 6) is 0. The summed E-state index contributed by atoms with van der Waals surface area (Å²) in [6.45, 7) is 7.92. The second kappa shape index (κ2) is 6.46. The van der Waals surface area contributed by atoms with Crippen molar-refractivity contribution in [1.82, 2.24) is 0 Å². The Bertz CT molecular complexity index is 168. The molecule has 15 heavy (non-hydrogen) atoms. The van der Waals surface area contributed by atoms with Crippen molar-refractivity contribution in [2.45, 2.75) is 64.6 Å². The maximum Gasteiger partial charge on any atom is 0.129 e. The Labute approximate surface area is 93.0 Å². The van der Waals surface area contributed by atoms with Crippen LogP contribution in [0.4, 0.5) is 0 Å². The van der Waals surface area contributed by atoms with Crippen LogP contribution in [0.2, 0.25) is 0 Å². The molecule has 1 rings (SSSR count). The summed E-state index contributed by atoms with van der Waals surface area (Å²) in [6, 6.07) is 0. The second-order valence-corrected chi connectivity index (χ2v) is 4.50. The highest BCUT2D eigenvalue weighted by atomic mass is 17.2. The van der Waals surface area contributed by atoms with Crippen molar-refractivity contribution < 1.29 is 14.5 Å². The molecule has 0 aromatic rings. The van der Waals surface area contributed by atoms with Crippen LogP contribution in [0.1, 0.15) is 52.9 Å². The number of epoxide rings is 1. The van der Waals surface area contributed by atoms with Crippen LogP contribution in [-0.2, 0) is 14.5 Å². The maximum absolute atomic E-state index is 5.53. The lowest BCUT2D eigenvalue weighted by Crippen LogP contribution is -2.35. The van der Waals surface area contributed by atoms with Crippen LogP contribution in [0.25, 0.3) is 0 Å². The zero-order chi connectivity index (χ0) is 11.1. The van der Waals surface area contributed by atoms with E-state index in [0.29, 0.717) is 6.61 Å². The average Bonchev–Trinajstić information content (AvgIpc) is 3.05. The highest BCUT2D eigenvalue weighted by Gasteiger charge is 2.45. The summed E-state index contributed by atoms with van der Waals surface area (Å²) in [7, 11) is 0. The van der Waals surface area contributed by atoms with Crippen LogP contribution in [0, 0.1) is 0 Å². The molecule has 2 unspecified atom stereocenters. The highest BCUT2D eigenvalue weighted by Crippen LogP contribution is 2.32. The van der Waals surface area contributed by atoms with Gasteiger partial charge in [0.15, 0.2) is 0 Å². The molecule has 1 aliphatic heterocycles.